The highest BCUT2D eigenvalue weighted by Gasteiger charge is 2.35. The summed E-state index contributed by atoms with van der Waals surface area (Å²) in [6, 6.07) is 0.389. The van der Waals surface area contributed by atoms with Crippen LogP contribution < -0.4 is 0 Å². The van der Waals surface area contributed by atoms with Crippen molar-refractivity contribution in [2.45, 2.75) is 37.8 Å². The van der Waals surface area contributed by atoms with E-state index in [1.807, 2.05) is 11.8 Å². The van der Waals surface area contributed by atoms with Crippen LogP contribution in [0, 0.1) is 0 Å². The van der Waals surface area contributed by atoms with Crippen molar-refractivity contribution in [3.8, 4) is 0 Å². The summed E-state index contributed by atoms with van der Waals surface area (Å²) < 4.78 is 10.3. The number of carbonyl (C=O) groups excluding carboxylic acids is 1. The Labute approximate surface area is 99.8 Å². The number of rotatable bonds is 5. The average Bonchev–Trinajstić information content (AvgIpc) is 2.84. The summed E-state index contributed by atoms with van der Waals surface area (Å²) in [6.45, 7) is 0. The number of fused-ring (bicyclic) bond motifs is 1. The third-order valence-electron chi connectivity index (χ3n) is 2.85. The third-order valence-corrected chi connectivity index (χ3v) is 3.99. The molecule has 0 N–H and O–H groups in total. The highest BCUT2D eigenvalue weighted by atomic mass is 32.2. The molecule has 1 saturated heterocycles. The summed E-state index contributed by atoms with van der Waals surface area (Å²) in [7, 11) is 1.42. The number of thioether (sulfide) groups is 1. The van der Waals surface area contributed by atoms with E-state index in [2.05, 4.69) is 9.73 Å². The first-order valence-electron chi connectivity index (χ1n) is 5.67. The predicted octanol–water partition coefficient (Wildman–Crippen LogP) is 1.63. The maximum Gasteiger partial charge on any atom is 0.305 e. The van der Waals surface area contributed by atoms with Crippen molar-refractivity contribution in [3.05, 3.63) is 0 Å². The molecule has 0 aliphatic carbocycles. The van der Waals surface area contributed by atoms with E-state index in [4.69, 9.17) is 4.74 Å². The first kappa shape index (κ1) is 11.8. The number of hydrogen-bond acceptors (Lipinski definition) is 5. The minimum Gasteiger partial charge on any atom is -0.475 e. The van der Waals surface area contributed by atoms with Gasteiger partial charge in [-0.25, -0.2) is 4.99 Å². The number of methoxy groups -OCH3 is 1. The van der Waals surface area contributed by atoms with Crippen molar-refractivity contribution < 1.29 is 14.3 Å². The number of ether oxygens (including phenoxy) is 2. The van der Waals surface area contributed by atoms with Gasteiger partial charge in [0.25, 0.3) is 0 Å². The zero-order chi connectivity index (χ0) is 11.4. The van der Waals surface area contributed by atoms with E-state index >= 15 is 0 Å². The summed E-state index contributed by atoms with van der Waals surface area (Å²) in [5.41, 5.74) is 0. The van der Waals surface area contributed by atoms with E-state index < -0.39 is 0 Å². The number of hydrogen-bond donors (Lipinski definition) is 0. The molecule has 2 heterocycles. The molecule has 0 radical (unpaired) electrons. The van der Waals surface area contributed by atoms with Crippen LogP contribution in [0.5, 0.6) is 0 Å². The molecule has 1 fully saturated rings. The van der Waals surface area contributed by atoms with E-state index in [0.29, 0.717) is 18.6 Å². The number of nitrogens with zero attached hydrogens (tertiary/aromatic N) is 1. The monoisotopic (exact) mass is 243 g/mol. The zero-order valence-electron chi connectivity index (χ0n) is 9.48. The molecular formula is C11H17NO3S. The molecule has 0 aromatic heterocycles. The third kappa shape index (κ3) is 2.90. The number of esters is 1. The Hall–Kier alpha value is -0.710. The minimum absolute atomic E-state index is 0.137. The van der Waals surface area contributed by atoms with Gasteiger partial charge in [-0.05, 0) is 12.8 Å². The van der Waals surface area contributed by atoms with E-state index in [-0.39, 0.29) is 5.97 Å². The highest BCUT2D eigenvalue weighted by Crippen LogP contribution is 2.29. The summed E-state index contributed by atoms with van der Waals surface area (Å²) in [4.78, 5) is 15.4. The van der Waals surface area contributed by atoms with Gasteiger partial charge in [-0.15, -0.1) is 0 Å². The van der Waals surface area contributed by atoms with Crippen LogP contribution in [0.25, 0.3) is 0 Å². The lowest BCUT2D eigenvalue weighted by molar-refractivity contribution is -0.140. The van der Waals surface area contributed by atoms with Crippen LogP contribution >= 0.6 is 11.8 Å². The SMILES string of the molecule is COC(=O)CCCCC1=N[C@@H]2CSC[C@@H]2O1. The Morgan fingerprint density at radius 2 is 2.44 bits per heavy atom. The Kier molecular flexibility index (Phi) is 4.09. The summed E-state index contributed by atoms with van der Waals surface area (Å²) in [5.74, 6) is 2.92. The molecular weight excluding hydrogens is 226 g/mol. The van der Waals surface area contributed by atoms with Crippen molar-refractivity contribution in [1.29, 1.82) is 0 Å². The first-order valence-corrected chi connectivity index (χ1v) is 6.83. The predicted molar refractivity (Wildman–Crippen MR) is 63.9 cm³/mol. The quantitative estimate of drug-likeness (QED) is 0.544. The molecule has 2 rings (SSSR count). The van der Waals surface area contributed by atoms with Crippen molar-refractivity contribution in [2.24, 2.45) is 4.99 Å². The van der Waals surface area contributed by atoms with E-state index in [9.17, 15) is 4.79 Å². The average molecular weight is 243 g/mol. The van der Waals surface area contributed by atoms with Crippen molar-refractivity contribution >= 4 is 23.6 Å². The smallest absolute Gasteiger partial charge is 0.305 e. The van der Waals surface area contributed by atoms with Crippen LogP contribution in [0.3, 0.4) is 0 Å². The van der Waals surface area contributed by atoms with Gasteiger partial charge in [0.15, 0.2) is 5.90 Å². The highest BCUT2D eigenvalue weighted by molar-refractivity contribution is 7.99. The lowest BCUT2D eigenvalue weighted by Gasteiger charge is -2.07. The molecule has 16 heavy (non-hydrogen) atoms. The molecule has 2 aliphatic heterocycles. The van der Waals surface area contributed by atoms with Crippen molar-refractivity contribution in [3.63, 3.8) is 0 Å². The first-order chi connectivity index (χ1) is 7.79. The van der Waals surface area contributed by atoms with Crippen LogP contribution in [-0.2, 0) is 14.3 Å². The normalized spacial score (nSPS) is 27.2. The standard InChI is InChI=1S/C11H17NO3S/c1-14-11(13)5-3-2-4-10-12-8-6-16-7-9(8)15-10/h8-9H,2-7H2,1H3/t8-,9+/m1/s1. The van der Waals surface area contributed by atoms with Gasteiger partial charge >= 0.3 is 5.97 Å². The maximum atomic E-state index is 10.9. The van der Waals surface area contributed by atoms with Gasteiger partial charge in [-0.3, -0.25) is 4.79 Å². The van der Waals surface area contributed by atoms with Crippen LogP contribution in [0.1, 0.15) is 25.7 Å². The molecule has 0 aromatic carbocycles. The Bertz CT molecular complexity index is 293. The number of unbranched alkanes of at least 4 members (excludes halogenated alkanes) is 1. The minimum atomic E-state index is -0.137. The van der Waals surface area contributed by atoms with Gasteiger partial charge in [0, 0.05) is 24.3 Å². The second-order valence-electron chi connectivity index (χ2n) is 4.07. The fourth-order valence-electron chi connectivity index (χ4n) is 1.92. The van der Waals surface area contributed by atoms with E-state index in [1.165, 1.54) is 7.11 Å². The number of aliphatic imine (C=N–C) groups is 1. The molecule has 4 nitrogen and oxygen atoms in total. The molecule has 2 atom stereocenters. The Morgan fingerprint density at radius 3 is 3.19 bits per heavy atom. The molecule has 0 saturated carbocycles. The molecule has 2 aliphatic rings. The van der Waals surface area contributed by atoms with E-state index in [0.717, 1.165) is 36.7 Å². The van der Waals surface area contributed by atoms with Crippen LogP contribution in [0.2, 0.25) is 0 Å². The Morgan fingerprint density at radius 1 is 1.56 bits per heavy atom. The molecule has 0 amide bonds. The molecule has 0 unspecified atom stereocenters. The maximum absolute atomic E-state index is 10.9. The van der Waals surface area contributed by atoms with Crippen molar-refractivity contribution in [2.75, 3.05) is 18.6 Å². The number of carbonyl (C=O) groups is 1. The summed E-state index contributed by atoms with van der Waals surface area (Å²) in [5, 5.41) is 0. The van der Waals surface area contributed by atoms with Crippen LogP contribution in [0.15, 0.2) is 4.99 Å². The summed E-state index contributed by atoms with van der Waals surface area (Å²) >= 11 is 1.91. The fraction of sp³-hybridized carbons (Fsp3) is 0.818. The molecule has 90 valence electrons. The molecule has 5 heteroatoms. The van der Waals surface area contributed by atoms with Crippen molar-refractivity contribution in [1.82, 2.24) is 0 Å². The fourth-order valence-corrected chi connectivity index (χ4v) is 3.11. The second-order valence-corrected chi connectivity index (χ2v) is 5.14. The van der Waals surface area contributed by atoms with Gasteiger partial charge in [0.1, 0.15) is 12.1 Å². The van der Waals surface area contributed by atoms with Gasteiger partial charge in [0.2, 0.25) is 0 Å². The lowest BCUT2D eigenvalue weighted by atomic mass is 10.2. The molecule has 0 aromatic rings. The Balaban J connectivity index is 1.62. The second kappa shape index (κ2) is 5.57. The van der Waals surface area contributed by atoms with Gasteiger partial charge in [-0.2, -0.15) is 11.8 Å². The largest absolute Gasteiger partial charge is 0.475 e. The van der Waals surface area contributed by atoms with Crippen LogP contribution in [-0.4, -0.2) is 42.6 Å². The van der Waals surface area contributed by atoms with Gasteiger partial charge in [-0.1, -0.05) is 0 Å². The zero-order valence-corrected chi connectivity index (χ0v) is 10.3. The van der Waals surface area contributed by atoms with E-state index in [1.54, 1.807) is 0 Å². The summed E-state index contributed by atoms with van der Waals surface area (Å²) in [6.07, 6.45) is 3.46. The molecule has 0 spiro atoms. The topological polar surface area (TPSA) is 47.9 Å². The lowest BCUT2D eigenvalue weighted by Crippen LogP contribution is -2.19. The van der Waals surface area contributed by atoms with Gasteiger partial charge in [0.05, 0.1) is 7.11 Å². The molecule has 0 bridgehead atoms. The van der Waals surface area contributed by atoms with Gasteiger partial charge < -0.3 is 9.47 Å². The van der Waals surface area contributed by atoms with Crippen LogP contribution in [0.4, 0.5) is 0 Å².